The van der Waals surface area contributed by atoms with Crippen molar-refractivity contribution in [3.8, 4) is 17.7 Å². The molecule has 0 aromatic heterocycles. The molecule has 4 N–H and O–H groups in total. The highest BCUT2D eigenvalue weighted by atomic mass is 16.5. The number of benzene rings is 1. The van der Waals surface area contributed by atoms with Gasteiger partial charge in [0.1, 0.15) is 5.75 Å². The molecule has 0 aliphatic heterocycles. The van der Waals surface area contributed by atoms with Gasteiger partial charge in [-0.05, 0) is 30.2 Å². The number of rotatable bonds is 2. The number of ether oxygens (including phenoxy) is 1. The lowest BCUT2D eigenvalue weighted by molar-refractivity contribution is 0.370. The summed E-state index contributed by atoms with van der Waals surface area (Å²) in [5.74, 6) is 3.33. The molecular weight excluding hydrogens is 152 g/mol. The maximum Gasteiger partial charge on any atom is 0.150 e. The Morgan fingerprint density at radius 3 is 2.50 bits per heavy atom. The quantitative estimate of drug-likeness (QED) is 0.379. The fraction of sp³-hybridized carbons (Fsp3) is 0.111. The molecule has 0 amide bonds. The third-order valence-electron chi connectivity index (χ3n) is 1.29. The number of hydrogen-bond donors (Lipinski definition) is 2. The van der Waals surface area contributed by atoms with Gasteiger partial charge in [0.25, 0.3) is 0 Å². The van der Waals surface area contributed by atoms with Gasteiger partial charge in [0.15, 0.2) is 6.61 Å². The molecule has 0 aliphatic carbocycles. The molecule has 0 aliphatic rings. The van der Waals surface area contributed by atoms with Gasteiger partial charge in [-0.2, -0.15) is 0 Å². The van der Waals surface area contributed by atoms with E-state index in [2.05, 4.69) is 12.0 Å². The molecule has 0 saturated heterocycles. The predicted octanol–water partition coefficient (Wildman–Crippen LogP) is 0.567. The van der Waals surface area contributed by atoms with Crippen LogP contribution in [0.1, 0.15) is 0 Å². The van der Waals surface area contributed by atoms with Gasteiger partial charge in [-0.3, -0.25) is 0 Å². The summed E-state index contributed by atoms with van der Waals surface area (Å²) in [6.45, 7) is 0.306. The molecule has 0 fully saturated rings. The van der Waals surface area contributed by atoms with Crippen molar-refractivity contribution < 1.29 is 4.74 Å². The Hall–Kier alpha value is -1.82. The molecule has 1 aromatic carbocycles. The van der Waals surface area contributed by atoms with Crippen LogP contribution in [-0.2, 0) is 0 Å². The summed E-state index contributed by atoms with van der Waals surface area (Å²) in [4.78, 5) is 0. The van der Waals surface area contributed by atoms with Gasteiger partial charge >= 0.3 is 0 Å². The number of nitrogens with two attached hydrogens (primary N) is 2. The highest BCUT2D eigenvalue weighted by Crippen LogP contribution is 2.12. The van der Waals surface area contributed by atoms with Gasteiger partial charge in [0.2, 0.25) is 0 Å². The first-order valence-electron chi connectivity index (χ1n) is 3.50. The normalized spacial score (nSPS) is 8.33. The second-order valence-corrected chi connectivity index (χ2v) is 2.18. The number of nitrogen functional groups attached to an aromatic ring is 1. The molecule has 0 saturated carbocycles. The zero-order valence-corrected chi connectivity index (χ0v) is 6.58. The minimum atomic E-state index is 0.306. The third kappa shape index (κ3) is 2.43. The zero-order valence-electron chi connectivity index (χ0n) is 6.58. The Labute approximate surface area is 71.3 Å². The topological polar surface area (TPSA) is 61.3 Å². The van der Waals surface area contributed by atoms with Gasteiger partial charge in [0, 0.05) is 11.7 Å². The summed E-state index contributed by atoms with van der Waals surface area (Å²) in [6.07, 6.45) is 0. The van der Waals surface area contributed by atoms with Crippen molar-refractivity contribution in [1.82, 2.24) is 0 Å². The van der Waals surface area contributed by atoms with Crippen LogP contribution in [0.5, 0.6) is 5.75 Å². The first-order chi connectivity index (χ1) is 5.83. The summed E-state index contributed by atoms with van der Waals surface area (Å²) in [5.41, 5.74) is 11.1. The fourth-order valence-electron chi connectivity index (χ4n) is 0.725. The highest BCUT2D eigenvalue weighted by molar-refractivity contribution is 5.41. The molecule has 12 heavy (non-hydrogen) atoms. The van der Waals surface area contributed by atoms with Crippen LogP contribution in [0.15, 0.2) is 24.3 Å². The van der Waals surface area contributed by atoms with Crippen molar-refractivity contribution in [2.45, 2.75) is 0 Å². The van der Waals surface area contributed by atoms with Gasteiger partial charge in [-0.15, -0.1) is 0 Å². The molecule has 0 heterocycles. The lowest BCUT2D eigenvalue weighted by Gasteiger charge is -2.00. The molecule has 0 unspecified atom stereocenters. The zero-order chi connectivity index (χ0) is 8.81. The van der Waals surface area contributed by atoms with E-state index in [0.717, 1.165) is 5.75 Å². The first kappa shape index (κ1) is 8.28. The molecular formula is C9H10N2O. The van der Waals surface area contributed by atoms with Crippen LogP contribution in [0.4, 0.5) is 5.69 Å². The van der Waals surface area contributed by atoms with E-state index in [4.69, 9.17) is 16.2 Å². The van der Waals surface area contributed by atoms with Crippen LogP contribution in [0.2, 0.25) is 0 Å². The van der Waals surface area contributed by atoms with Crippen LogP contribution < -0.4 is 16.2 Å². The van der Waals surface area contributed by atoms with Crippen molar-refractivity contribution in [3.63, 3.8) is 0 Å². The monoisotopic (exact) mass is 162 g/mol. The SMILES string of the molecule is NC#CCOc1ccc(N)cc1. The summed E-state index contributed by atoms with van der Waals surface area (Å²) in [5, 5.41) is 0. The Balaban J connectivity index is 2.51. The Morgan fingerprint density at radius 2 is 1.92 bits per heavy atom. The molecule has 62 valence electrons. The molecule has 0 atom stereocenters. The average molecular weight is 162 g/mol. The van der Waals surface area contributed by atoms with E-state index in [0.29, 0.717) is 12.3 Å². The smallest absolute Gasteiger partial charge is 0.150 e. The lowest BCUT2D eigenvalue weighted by atomic mass is 10.3. The van der Waals surface area contributed by atoms with Gasteiger partial charge < -0.3 is 16.2 Å². The van der Waals surface area contributed by atoms with Crippen molar-refractivity contribution in [1.29, 1.82) is 0 Å². The van der Waals surface area contributed by atoms with E-state index in [1.54, 1.807) is 24.3 Å². The van der Waals surface area contributed by atoms with E-state index in [9.17, 15) is 0 Å². The third-order valence-corrected chi connectivity index (χ3v) is 1.29. The second kappa shape index (κ2) is 4.14. The van der Waals surface area contributed by atoms with E-state index in [1.165, 1.54) is 0 Å². The lowest BCUT2D eigenvalue weighted by Crippen LogP contribution is -1.95. The van der Waals surface area contributed by atoms with E-state index in [-0.39, 0.29) is 0 Å². The van der Waals surface area contributed by atoms with E-state index >= 15 is 0 Å². The molecule has 0 spiro atoms. The van der Waals surface area contributed by atoms with Crippen LogP contribution in [-0.4, -0.2) is 6.61 Å². The Morgan fingerprint density at radius 1 is 1.25 bits per heavy atom. The van der Waals surface area contributed by atoms with Crippen LogP contribution in [0.25, 0.3) is 0 Å². The van der Waals surface area contributed by atoms with Crippen molar-refractivity contribution in [2.75, 3.05) is 12.3 Å². The van der Waals surface area contributed by atoms with Gasteiger partial charge in [-0.1, -0.05) is 0 Å². The van der Waals surface area contributed by atoms with E-state index in [1.807, 2.05) is 0 Å². The maximum absolute atomic E-state index is 5.48. The van der Waals surface area contributed by atoms with Crippen molar-refractivity contribution >= 4 is 5.69 Å². The van der Waals surface area contributed by atoms with Crippen LogP contribution >= 0.6 is 0 Å². The molecule has 1 rings (SSSR count). The Kier molecular flexibility index (Phi) is 2.86. The number of anilines is 1. The van der Waals surface area contributed by atoms with Crippen LogP contribution in [0.3, 0.4) is 0 Å². The fourth-order valence-corrected chi connectivity index (χ4v) is 0.725. The largest absolute Gasteiger partial charge is 0.481 e. The van der Waals surface area contributed by atoms with Crippen LogP contribution in [0, 0.1) is 12.0 Å². The molecule has 3 nitrogen and oxygen atoms in total. The van der Waals surface area contributed by atoms with E-state index < -0.39 is 0 Å². The summed E-state index contributed by atoms with van der Waals surface area (Å²) >= 11 is 0. The predicted molar refractivity (Wildman–Crippen MR) is 48.3 cm³/mol. The van der Waals surface area contributed by atoms with Gasteiger partial charge in [0.05, 0.1) is 0 Å². The maximum atomic E-state index is 5.48. The van der Waals surface area contributed by atoms with Crippen molar-refractivity contribution in [3.05, 3.63) is 24.3 Å². The minimum absolute atomic E-state index is 0.306. The average Bonchev–Trinajstić information content (AvgIpc) is 2.09. The molecule has 0 radical (unpaired) electrons. The first-order valence-corrected chi connectivity index (χ1v) is 3.50. The molecule has 1 aromatic rings. The summed E-state index contributed by atoms with van der Waals surface area (Å²) in [6, 6.07) is 9.36. The minimum Gasteiger partial charge on any atom is -0.481 e. The molecule has 0 bridgehead atoms. The second-order valence-electron chi connectivity index (χ2n) is 2.18. The highest BCUT2D eigenvalue weighted by Gasteiger charge is 1.89. The molecule has 3 heteroatoms. The standard InChI is InChI=1S/C9H10N2O/c10-6-1-7-12-9-4-2-8(11)3-5-9/h2-5H,7,10-11H2. The summed E-state index contributed by atoms with van der Waals surface area (Å²) in [7, 11) is 0. The van der Waals surface area contributed by atoms with Crippen molar-refractivity contribution in [2.24, 2.45) is 5.73 Å². The Bertz CT molecular complexity index is 295. The summed E-state index contributed by atoms with van der Waals surface area (Å²) < 4.78 is 5.19. The number of hydrogen-bond acceptors (Lipinski definition) is 3. The van der Waals surface area contributed by atoms with Gasteiger partial charge in [-0.25, -0.2) is 0 Å².